The van der Waals surface area contributed by atoms with Crippen LogP contribution in [0.1, 0.15) is 6.42 Å². The first-order valence-electron chi connectivity index (χ1n) is 8.88. The highest BCUT2D eigenvalue weighted by Crippen LogP contribution is 2.25. The number of nitrogens with zero attached hydrogens (tertiary/aromatic N) is 2. The van der Waals surface area contributed by atoms with Gasteiger partial charge in [0.25, 0.3) is 5.91 Å². The van der Waals surface area contributed by atoms with Crippen molar-refractivity contribution in [2.45, 2.75) is 18.8 Å². The van der Waals surface area contributed by atoms with E-state index in [0.29, 0.717) is 5.69 Å². The number of amides is 2. The van der Waals surface area contributed by atoms with E-state index in [1.807, 2.05) is 6.07 Å². The fourth-order valence-electron chi connectivity index (χ4n) is 2.60. The van der Waals surface area contributed by atoms with Gasteiger partial charge >= 0.3 is 6.36 Å². The van der Waals surface area contributed by atoms with Crippen molar-refractivity contribution in [3.63, 3.8) is 0 Å². The lowest BCUT2D eigenvalue weighted by molar-refractivity contribution is -0.274. The van der Waals surface area contributed by atoms with Crippen LogP contribution in [-0.2, 0) is 9.59 Å². The van der Waals surface area contributed by atoms with Crippen LogP contribution >= 0.6 is 0 Å². The second-order valence-corrected chi connectivity index (χ2v) is 6.27. The zero-order valence-electron chi connectivity index (χ0n) is 15.8. The Labute approximate surface area is 174 Å². The Morgan fingerprint density at radius 2 is 1.84 bits per heavy atom. The van der Waals surface area contributed by atoms with Gasteiger partial charge in [-0.25, -0.2) is 4.99 Å². The molecule has 1 aliphatic rings. The van der Waals surface area contributed by atoms with Crippen LogP contribution in [0.4, 0.5) is 24.5 Å². The number of guanidine groups is 2. The van der Waals surface area contributed by atoms with Crippen LogP contribution in [0.3, 0.4) is 0 Å². The van der Waals surface area contributed by atoms with Crippen LogP contribution in [0.2, 0.25) is 0 Å². The zero-order valence-corrected chi connectivity index (χ0v) is 15.8. The number of hydrogen-bond donors (Lipinski definition) is 4. The predicted molar refractivity (Wildman–Crippen MR) is 107 cm³/mol. The molecule has 0 radical (unpaired) electrons. The summed E-state index contributed by atoms with van der Waals surface area (Å²) in [6.45, 7) is 0. The van der Waals surface area contributed by atoms with E-state index in [0.717, 1.165) is 12.1 Å². The van der Waals surface area contributed by atoms with E-state index >= 15 is 0 Å². The highest BCUT2D eigenvalue weighted by Gasteiger charge is 2.31. The molecule has 5 N–H and O–H groups in total. The maximum absolute atomic E-state index is 12.3. The third kappa shape index (κ3) is 6.73. The van der Waals surface area contributed by atoms with Crippen molar-refractivity contribution in [1.29, 1.82) is 0 Å². The Morgan fingerprint density at radius 3 is 2.55 bits per heavy atom. The van der Waals surface area contributed by atoms with Crippen LogP contribution < -0.4 is 26.4 Å². The molecule has 0 bridgehead atoms. The van der Waals surface area contributed by atoms with Gasteiger partial charge in [0.05, 0.1) is 6.42 Å². The predicted octanol–water partition coefficient (Wildman–Crippen LogP) is 2.19. The molecular formula is C19H17F3N6O3. The lowest BCUT2D eigenvalue weighted by Gasteiger charge is -2.11. The second kappa shape index (κ2) is 9.15. The van der Waals surface area contributed by atoms with Crippen molar-refractivity contribution in [1.82, 2.24) is 5.32 Å². The van der Waals surface area contributed by atoms with E-state index in [4.69, 9.17) is 5.73 Å². The number of nitrogens with one attached hydrogen (secondary N) is 3. The number of aliphatic imine (C=N–C) groups is 2. The molecule has 1 atom stereocenters. The average molecular weight is 434 g/mol. The number of ether oxygens (including phenoxy) is 1. The summed E-state index contributed by atoms with van der Waals surface area (Å²) in [7, 11) is 0. The van der Waals surface area contributed by atoms with Crippen LogP contribution in [0.15, 0.2) is 64.6 Å². The molecule has 2 aromatic carbocycles. The van der Waals surface area contributed by atoms with Gasteiger partial charge in [-0.3, -0.25) is 14.9 Å². The fourth-order valence-corrected chi connectivity index (χ4v) is 2.60. The van der Waals surface area contributed by atoms with Crippen LogP contribution in [0.5, 0.6) is 5.75 Å². The second-order valence-electron chi connectivity index (χ2n) is 6.27. The zero-order chi connectivity index (χ0) is 22.4. The first kappa shape index (κ1) is 21.6. The van der Waals surface area contributed by atoms with Gasteiger partial charge in [-0.05, 0) is 24.3 Å². The molecule has 0 unspecified atom stereocenters. The molecule has 9 nitrogen and oxygen atoms in total. The molecule has 0 spiro atoms. The molecule has 0 saturated heterocycles. The highest BCUT2D eigenvalue weighted by molar-refractivity contribution is 6.11. The molecule has 0 saturated carbocycles. The maximum Gasteiger partial charge on any atom is 0.573 e. The largest absolute Gasteiger partial charge is 0.573 e. The van der Waals surface area contributed by atoms with Gasteiger partial charge < -0.3 is 21.1 Å². The van der Waals surface area contributed by atoms with Gasteiger partial charge in [0.15, 0.2) is 0 Å². The summed E-state index contributed by atoms with van der Waals surface area (Å²) in [6, 6.07) is 12.7. The molecule has 0 aromatic heterocycles. The van der Waals surface area contributed by atoms with Gasteiger partial charge in [0.2, 0.25) is 17.8 Å². The highest BCUT2D eigenvalue weighted by atomic mass is 19.4. The van der Waals surface area contributed by atoms with Crippen LogP contribution in [0, 0.1) is 0 Å². The number of rotatable bonds is 5. The lowest BCUT2D eigenvalue weighted by atomic mass is 10.2. The van der Waals surface area contributed by atoms with E-state index in [1.54, 1.807) is 24.3 Å². The summed E-state index contributed by atoms with van der Waals surface area (Å²) in [5.74, 6) is -1.76. The first-order valence-corrected chi connectivity index (χ1v) is 8.88. The van der Waals surface area contributed by atoms with Crippen molar-refractivity contribution in [3.8, 4) is 5.75 Å². The average Bonchev–Trinajstić information content (AvgIpc) is 2.99. The first-order chi connectivity index (χ1) is 14.7. The fraction of sp³-hybridized carbons (Fsp3) is 0.158. The number of carbonyl (C=O) groups is 2. The Bertz CT molecular complexity index is 1020. The third-order valence-electron chi connectivity index (χ3n) is 3.82. The summed E-state index contributed by atoms with van der Waals surface area (Å²) in [5, 5.41) is 7.62. The molecule has 0 aliphatic carbocycles. The number of para-hydroxylation sites is 1. The van der Waals surface area contributed by atoms with E-state index < -0.39 is 30.0 Å². The number of alkyl halides is 3. The molecule has 162 valence electrons. The van der Waals surface area contributed by atoms with Gasteiger partial charge in [0.1, 0.15) is 11.8 Å². The Balaban J connectivity index is 1.59. The molecule has 3 rings (SSSR count). The number of anilines is 2. The number of carbonyl (C=O) groups excluding carboxylic acids is 2. The summed E-state index contributed by atoms with van der Waals surface area (Å²) < 4.78 is 40.7. The molecule has 2 aromatic rings. The van der Waals surface area contributed by atoms with Crippen molar-refractivity contribution >= 4 is 35.1 Å². The Kier molecular flexibility index (Phi) is 6.38. The van der Waals surface area contributed by atoms with E-state index in [2.05, 4.69) is 30.7 Å². The number of nitrogens with two attached hydrogens (primary N) is 1. The monoisotopic (exact) mass is 434 g/mol. The van der Waals surface area contributed by atoms with E-state index in [9.17, 15) is 22.8 Å². The van der Waals surface area contributed by atoms with Gasteiger partial charge in [0, 0.05) is 17.4 Å². The number of halogens is 3. The third-order valence-corrected chi connectivity index (χ3v) is 3.82. The standard InChI is InChI=1S/C19H17F3N6O3/c20-19(21,22)31-13-8-4-7-12(9-13)24-15(29)10-14-16(30)27-18(26-14)28-17(23)25-11-5-2-1-3-6-11/h1-9,14H,10H2,(H,24,29)(H4,23,25,26,27,28,30)/t14-/m1/s1. The summed E-state index contributed by atoms with van der Waals surface area (Å²) in [4.78, 5) is 32.2. The molecule has 1 aliphatic heterocycles. The summed E-state index contributed by atoms with van der Waals surface area (Å²) >= 11 is 0. The maximum atomic E-state index is 12.3. The van der Waals surface area contributed by atoms with Gasteiger partial charge in [-0.15, -0.1) is 13.2 Å². The minimum atomic E-state index is -4.85. The number of benzene rings is 2. The van der Waals surface area contributed by atoms with Crippen LogP contribution in [-0.4, -0.2) is 36.1 Å². The smallest absolute Gasteiger partial charge is 0.406 e. The van der Waals surface area contributed by atoms with Crippen molar-refractivity contribution in [2.75, 3.05) is 10.6 Å². The summed E-state index contributed by atoms with van der Waals surface area (Å²) in [5.41, 5.74) is 6.53. The molecule has 1 heterocycles. The minimum absolute atomic E-state index is 0.0168. The Morgan fingerprint density at radius 1 is 1.13 bits per heavy atom. The molecule has 0 fully saturated rings. The van der Waals surface area contributed by atoms with Crippen LogP contribution in [0.25, 0.3) is 0 Å². The topological polar surface area (TPSA) is 130 Å². The summed E-state index contributed by atoms with van der Waals surface area (Å²) in [6.07, 6.45) is -5.20. The van der Waals surface area contributed by atoms with Gasteiger partial charge in [-0.1, -0.05) is 24.3 Å². The van der Waals surface area contributed by atoms with Crippen molar-refractivity contribution < 1.29 is 27.5 Å². The molecule has 2 amide bonds. The van der Waals surface area contributed by atoms with E-state index in [1.165, 1.54) is 12.1 Å². The lowest BCUT2D eigenvalue weighted by Crippen LogP contribution is -2.32. The normalized spacial score (nSPS) is 16.4. The SMILES string of the molecule is NC(=NC1=N[C@H](CC(=O)Nc2cccc(OC(F)(F)F)c2)C(=O)N1)Nc1ccccc1. The van der Waals surface area contributed by atoms with Crippen molar-refractivity contribution in [2.24, 2.45) is 15.7 Å². The van der Waals surface area contributed by atoms with Gasteiger partial charge in [-0.2, -0.15) is 4.99 Å². The minimum Gasteiger partial charge on any atom is -0.406 e. The number of hydrogen-bond acceptors (Lipinski definition) is 5. The molecule has 31 heavy (non-hydrogen) atoms. The Hall–Kier alpha value is -4.09. The van der Waals surface area contributed by atoms with E-state index in [-0.39, 0.29) is 24.0 Å². The molecule has 12 heteroatoms. The quantitative estimate of drug-likeness (QED) is 0.423. The molecular weight excluding hydrogens is 417 g/mol. The van der Waals surface area contributed by atoms with Crippen molar-refractivity contribution in [3.05, 3.63) is 54.6 Å².